The van der Waals surface area contributed by atoms with Crippen molar-refractivity contribution in [2.24, 2.45) is 0 Å². The molecule has 0 unspecified atom stereocenters. The number of imidazole rings is 1. The second kappa shape index (κ2) is 3.98. The zero-order valence-corrected chi connectivity index (χ0v) is 9.54. The Hall–Kier alpha value is -1.42. The third kappa shape index (κ3) is 1.99. The number of thiophene rings is 1. The Bertz CT molecular complexity index is 484. The first-order chi connectivity index (χ1) is 7.20. The lowest BCUT2D eigenvalue weighted by Gasteiger charge is -1.92. The van der Waals surface area contributed by atoms with Crippen LogP contribution in [0.4, 0.5) is 0 Å². The molecule has 0 bridgehead atoms. The number of carbonyl (C=O) groups is 1. The van der Waals surface area contributed by atoms with E-state index in [1.54, 1.807) is 12.5 Å². The van der Waals surface area contributed by atoms with Gasteiger partial charge in [-0.25, -0.2) is 4.98 Å². The van der Waals surface area contributed by atoms with Gasteiger partial charge in [0.25, 0.3) is 0 Å². The highest BCUT2D eigenvalue weighted by Crippen LogP contribution is 2.18. The fraction of sp³-hybridized carbons (Fsp3) is 0.273. The molecule has 0 fully saturated rings. The summed E-state index contributed by atoms with van der Waals surface area (Å²) < 4.78 is 1.90. The van der Waals surface area contributed by atoms with Crippen LogP contribution in [0.3, 0.4) is 0 Å². The van der Waals surface area contributed by atoms with Crippen molar-refractivity contribution in [1.29, 1.82) is 0 Å². The summed E-state index contributed by atoms with van der Waals surface area (Å²) in [4.78, 5) is 17.9. The first kappa shape index (κ1) is 10.1. The summed E-state index contributed by atoms with van der Waals surface area (Å²) in [6.45, 7) is 4.85. The number of carbonyl (C=O) groups excluding carboxylic acids is 1. The summed E-state index contributed by atoms with van der Waals surface area (Å²) in [5.74, 6) is 0.0142. The first-order valence-corrected chi connectivity index (χ1v) is 5.65. The van der Waals surface area contributed by atoms with Crippen LogP contribution in [-0.4, -0.2) is 15.3 Å². The van der Waals surface area contributed by atoms with Gasteiger partial charge in [0.05, 0.1) is 11.2 Å². The Kier molecular flexibility index (Phi) is 2.68. The molecule has 0 aromatic carbocycles. The van der Waals surface area contributed by atoms with Gasteiger partial charge in [0.1, 0.15) is 5.69 Å². The van der Waals surface area contributed by atoms with Gasteiger partial charge in [0.15, 0.2) is 0 Å². The van der Waals surface area contributed by atoms with E-state index < -0.39 is 0 Å². The second-order valence-corrected chi connectivity index (χ2v) is 4.62. The molecule has 0 radical (unpaired) electrons. The van der Waals surface area contributed by atoms with Gasteiger partial charge in [-0.05, 0) is 26.0 Å². The normalized spacial score (nSPS) is 10.5. The van der Waals surface area contributed by atoms with Crippen LogP contribution in [0.1, 0.15) is 27.2 Å². The van der Waals surface area contributed by atoms with Crippen LogP contribution in [0.15, 0.2) is 24.7 Å². The van der Waals surface area contributed by atoms with Gasteiger partial charge in [-0.2, -0.15) is 0 Å². The highest BCUT2D eigenvalue weighted by Gasteiger charge is 2.13. The molecule has 78 valence electrons. The van der Waals surface area contributed by atoms with E-state index in [0.29, 0.717) is 5.69 Å². The van der Waals surface area contributed by atoms with Gasteiger partial charge < -0.3 is 4.57 Å². The molecule has 0 aliphatic rings. The summed E-state index contributed by atoms with van der Waals surface area (Å²) >= 11 is 1.51. The van der Waals surface area contributed by atoms with Crippen LogP contribution in [0.2, 0.25) is 0 Å². The van der Waals surface area contributed by atoms with Crippen LogP contribution in [0, 0.1) is 6.92 Å². The third-order valence-electron chi connectivity index (χ3n) is 2.20. The predicted molar refractivity (Wildman–Crippen MR) is 60.4 cm³/mol. The molecule has 2 heterocycles. The molecular weight excluding hydrogens is 208 g/mol. The summed E-state index contributed by atoms with van der Waals surface area (Å²) in [5, 5.41) is 0. The number of aryl methyl sites for hydroxylation is 2. The quantitative estimate of drug-likeness (QED) is 0.745. The second-order valence-electron chi connectivity index (χ2n) is 3.33. The van der Waals surface area contributed by atoms with E-state index in [1.165, 1.54) is 11.3 Å². The Labute approximate surface area is 92.4 Å². The van der Waals surface area contributed by atoms with Crippen LogP contribution in [-0.2, 0) is 6.54 Å². The summed E-state index contributed by atoms with van der Waals surface area (Å²) in [6.07, 6.45) is 3.48. The monoisotopic (exact) mass is 220 g/mol. The van der Waals surface area contributed by atoms with Gasteiger partial charge in [0.2, 0.25) is 5.78 Å². The Morgan fingerprint density at radius 3 is 2.87 bits per heavy atom. The maximum atomic E-state index is 11.9. The van der Waals surface area contributed by atoms with E-state index in [4.69, 9.17) is 0 Å². The van der Waals surface area contributed by atoms with Crippen LogP contribution < -0.4 is 0 Å². The van der Waals surface area contributed by atoms with Gasteiger partial charge in [-0.3, -0.25) is 4.79 Å². The summed E-state index contributed by atoms with van der Waals surface area (Å²) in [7, 11) is 0. The number of ketones is 1. The molecule has 0 saturated heterocycles. The van der Waals surface area contributed by atoms with Crippen molar-refractivity contribution in [3.8, 4) is 0 Å². The molecule has 3 nitrogen and oxygen atoms in total. The topological polar surface area (TPSA) is 34.9 Å². The molecule has 4 heteroatoms. The van der Waals surface area contributed by atoms with Crippen molar-refractivity contribution in [3.05, 3.63) is 40.1 Å². The molecule has 2 aromatic heterocycles. The third-order valence-corrected chi connectivity index (χ3v) is 3.19. The SMILES string of the molecule is CCn1cnc(C(=O)c2ccc(C)s2)c1. The molecule has 0 aliphatic heterocycles. The fourth-order valence-electron chi connectivity index (χ4n) is 1.33. The van der Waals surface area contributed by atoms with Crippen molar-refractivity contribution >= 4 is 17.1 Å². The van der Waals surface area contributed by atoms with E-state index in [9.17, 15) is 4.79 Å². The Balaban J connectivity index is 2.28. The van der Waals surface area contributed by atoms with E-state index in [-0.39, 0.29) is 5.78 Å². The minimum Gasteiger partial charge on any atom is -0.337 e. The molecule has 0 N–H and O–H groups in total. The molecule has 0 spiro atoms. The van der Waals surface area contributed by atoms with Gasteiger partial charge in [-0.1, -0.05) is 0 Å². The highest BCUT2D eigenvalue weighted by molar-refractivity contribution is 7.14. The van der Waals surface area contributed by atoms with Crippen molar-refractivity contribution in [2.75, 3.05) is 0 Å². The molecule has 0 saturated carbocycles. The van der Waals surface area contributed by atoms with Crippen LogP contribution >= 0.6 is 11.3 Å². The largest absolute Gasteiger partial charge is 0.337 e. The maximum Gasteiger partial charge on any atom is 0.222 e. The number of nitrogens with zero attached hydrogens (tertiary/aromatic N) is 2. The molecular formula is C11H12N2OS. The first-order valence-electron chi connectivity index (χ1n) is 4.83. The average Bonchev–Trinajstić information content (AvgIpc) is 2.84. The van der Waals surface area contributed by atoms with Gasteiger partial charge in [-0.15, -0.1) is 11.3 Å². The van der Waals surface area contributed by atoms with Crippen LogP contribution in [0.25, 0.3) is 0 Å². The molecule has 0 aliphatic carbocycles. The Morgan fingerprint density at radius 2 is 2.33 bits per heavy atom. The Morgan fingerprint density at radius 1 is 1.53 bits per heavy atom. The lowest BCUT2D eigenvalue weighted by atomic mass is 10.2. The molecule has 2 rings (SSSR count). The number of aromatic nitrogens is 2. The number of hydrogen-bond acceptors (Lipinski definition) is 3. The fourth-order valence-corrected chi connectivity index (χ4v) is 2.15. The van der Waals surface area contributed by atoms with Crippen LogP contribution in [0.5, 0.6) is 0 Å². The standard InChI is InChI=1S/C11H12N2OS/c1-3-13-6-9(12-7-13)11(14)10-5-4-8(2)15-10/h4-7H,3H2,1-2H3. The minimum absolute atomic E-state index is 0.0142. The molecule has 2 aromatic rings. The molecule has 0 atom stereocenters. The van der Waals surface area contributed by atoms with Crippen molar-refractivity contribution < 1.29 is 4.79 Å². The minimum atomic E-state index is 0.0142. The zero-order chi connectivity index (χ0) is 10.8. The van der Waals surface area contributed by atoms with Crippen molar-refractivity contribution in [2.45, 2.75) is 20.4 Å². The summed E-state index contributed by atoms with van der Waals surface area (Å²) in [5.41, 5.74) is 0.527. The smallest absolute Gasteiger partial charge is 0.222 e. The van der Waals surface area contributed by atoms with E-state index in [2.05, 4.69) is 4.98 Å². The maximum absolute atomic E-state index is 11.9. The molecule has 0 amide bonds. The van der Waals surface area contributed by atoms with E-state index in [1.807, 2.05) is 30.5 Å². The number of hydrogen-bond donors (Lipinski definition) is 0. The number of rotatable bonds is 3. The summed E-state index contributed by atoms with van der Waals surface area (Å²) in [6, 6.07) is 3.81. The van der Waals surface area contributed by atoms with E-state index >= 15 is 0 Å². The van der Waals surface area contributed by atoms with Crippen molar-refractivity contribution in [3.63, 3.8) is 0 Å². The van der Waals surface area contributed by atoms with E-state index in [0.717, 1.165) is 16.3 Å². The average molecular weight is 220 g/mol. The van der Waals surface area contributed by atoms with Gasteiger partial charge >= 0.3 is 0 Å². The predicted octanol–water partition coefficient (Wildman–Crippen LogP) is 2.50. The zero-order valence-electron chi connectivity index (χ0n) is 8.73. The van der Waals surface area contributed by atoms with Gasteiger partial charge in [0, 0.05) is 17.6 Å². The lowest BCUT2D eigenvalue weighted by molar-refractivity contribution is 0.103. The highest BCUT2D eigenvalue weighted by atomic mass is 32.1. The van der Waals surface area contributed by atoms with Crippen molar-refractivity contribution in [1.82, 2.24) is 9.55 Å². The lowest BCUT2D eigenvalue weighted by Crippen LogP contribution is -1.98. The molecule has 15 heavy (non-hydrogen) atoms.